The number of aromatic nitrogens is 3. The van der Waals surface area contributed by atoms with Crippen molar-refractivity contribution in [2.75, 3.05) is 5.32 Å². The molecule has 0 amide bonds. The van der Waals surface area contributed by atoms with Crippen LogP contribution in [0.1, 0.15) is 50.0 Å². The Labute approximate surface area is 126 Å². The third kappa shape index (κ3) is 3.18. The second-order valence-electron chi connectivity index (χ2n) is 5.94. The largest absolute Gasteiger partial charge is 0.451 e. The minimum atomic E-state index is -4.55. The molecule has 4 nitrogen and oxygen atoms in total. The minimum Gasteiger partial charge on any atom is -0.367 e. The molecule has 0 unspecified atom stereocenters. The van der Waals surface area contributed by atoms with Gasteiger partial charge in [-0.05, 0) is 25.8 Å². The molecule has 0 aromatic carbocycles. The fourth-order valence-electron chi connectivity index (χ4n) is 2.99. The first-order chi connectivity index (χ1) is 10.4. The van der Waals surface area contributed by atoms with Gasteiger partial charge in [0.1, 0.15) is 11.5 Å². The van der Waals surface area contributed by atoms with Gasteiger partial charge in [0, 0.05) is 11.7 Å². The summed E-state index contributed by atoms with van der Waals surface area (Å²) in [6, 6.07) is 1.96. The highest BCUT2D eigenvalue weighted by atomic mass is 19.4. The molecule has 2 heterocycles. The normalized spacial score (nSPS) is 17.6. The molecule has 1 saturated carbocycles. The van der Waals surface area contributed by atoms with Gasteiger partial charge in [-0.3, -0.25) is 0 Å². The number of anilines is 1. The number of hydrogen-bond donors (Lipinski definition) is 2. The van der Waals surface area contributed by atoms with Gasteiger partial charge in [0.15, 0.2) is 0 Å². The second kappa shape index (κ2) is 5.78. The lowest BCUT2D eigenvalue weighted by Crippen LogP contribution is -2.21. The van der Waals surface area contributed by atoms with Gasteiger partial charge in [0.05, 0.1) is 5.39 Å². The third-order valence-electron chi connectivity index (χ3n) is 4.07. The molecule has 120 valence electrons. The zero-order chi connectivity index (χ0) is 15.7. The topological polar surface area (TPSA) is 53.6 Å². The Bertz CT molecular complexity index is 655. The summed E-state index contributed by atoms with van der Waals surface area (Å²) in [6.07, 6.45) is 1.97. The molecule has 0 radical (unpaired) electrons. The van der Waals surface area contributed by atoms with E-state index in [0.29, 0.717) is 5.39 Å². The van der Waals surface area contributed by atoms with Crippen LogP contribution in [0.25, 0.3) is 11.0 Å². The van der Waals surface area contributed by atoms with Crippen LogP contribution in [-0.2, 0) is 6.18 Å². The van der Waals surface area contributed by atoms with Gasteiger partial charge in [-0.25, -0.2) is 9.97 Å². The molecule has 3 rings (SSSR count). The first kappa shape index (κ1) is 15.1. The van der Waals surface area contributed by atoms with E-state index in [9.17, 15) is 13.2 Å². The summed E-state index contributed by atoms with van der Waals surface area (Å²) in [6.45, 7) is 1.80. The van der Waals surface area contributed by atoms with Crippen LogP contribution in [0.4, 0.5) is 19.0 Å². The average Bonchev–Trinajstić information content (AvgIpc) is 2.65. The first-order valence-electron chi connectivity index (χ1n) is 7.64. The molecule has 1 aliphatic rings. The van der Waals surface area contributed by atoms with Crippen molar-refractivity contribution in [3.8, 4) is 0 Å². The van der Waals surface area contributed by atoms with E-state index < -0.39 is 12.0 Å². The Kier molecular flexibility index (Phi) is 3.97. The van der Waals surface area contributed by atoms with Crippen LogP contribution in [0.5, 0.6) is 0 Å². The monoisotopic (exact) mass is 312 g/mol. The molecule has 0 saturated heterocycles. The molecule has 2 aromatic rings. The lowest BCUT2D eigenvalue weighted by molar-refractivity contribution is -0.144. The van der Waals surface area contributed by atoms with Crippen molar-refractivity contribution in [1.82, 2.24) is 15.0 Å². The fraction of sp³-hybridized carbons (Fsp3) is 0.600. The summed E-state index contributed by atoms with van der Waals surface area (Å²) in [5.74, 6) is -0.813. The molecule has 1 aliphatic carbocycles. The fourth-order valence-corrected chi connectivity index (χ4v) is 2.99. The molecule has 0 bridgehead atoms. The van der Waals surface area contributed by atoms with E-state index in [4.69, 9.17) is 0 Å². The van der Waals surface area contributed by atoms with E-state index in [0.717, 1.165) is 31.4 Å². The Morgan fingerprint density at radius 3 is 2.45 bits per heavy atom. The van der Waals surface area contributed by atoms with E-state index in [1.807, 2.05) is 0 Å². The highest BCUT2D eigenvalue weighted by Crippen LogP contribution is 2.31. The lowest BCUT2D eigenvalue weighted by Gasteiger charge is -2.18. The van der Waals surface area contributed by atoms with Crippen LogP contribution in [0, 0.1) is 6.92 Å². The Morgan fingerprint density at radius 1 is 1.14 bits per heavy atom. The number of nitrogens with one attached hydrogen (secondary N) is 2. The Balaban J connectivity index is 1.98. The molecule has 0 spiro atoms. The van der Waals surface area contributed by atoms with Crippen molar-refractivity contribution in [2.45, 2.75) is 57.7 Å². The van der Waals surface area contributed by atoms with E-state index in [2.05, 4.69) is 20.3 Å². The van der Waals surface area contributed by atoms with E-state index in [1.54, 1.807) is 13.0 Å². The summed E-state index contributed by atoms with van der Waals surface area (Å²) in [4.78, 5) is 10.2. The molecule has 1 fully saturated rings. The summed E-state index contributed by atoms with van der Waals surface area (Å²) in [5.41, 5.74) is 1.00. The summed E-state index contributed by atoms with van der Waals surface area (Å²) < 4.78 is 38.9. The molecule has 2 aromatic heterocycles. The van der Waals surface area contributed by atoms with E-state index in [-0.39, 0.29) is 17.5 Å². The number of nitrogens with zero attached hydrogens (tertiary/aromatic N) is 2. The van der Waals surface area contributed by atoms with Crippen molar-refractivity contribution < 1.29 is 13.2 Å². The third-order valence-corrected chi connectivity index (χ3v) is 4.07. The zero-order valence-electron chi connectivity index (χ0n) is 12.4. The van der Waals surface area contributed by atoms with Crippen molar-refractivity contribution in [3.05, 3.63) is 17.6 Å². The van der Waals surface area contributed by atoms with Crippen LogP contribution in [0.2, 0.25) is 0 Å². The number of aromatic amines is 1. The van der Waals surface area contributed by atoms with Gasteiger partial charge in [-0.15, -0.1) is 0 Å². The number of H-pyrrole nitrogens is 1. The quantitative estimate of drug-likeness (QED) is 0.807. The zero-order valence-corrected chi connectivity index (χ0v) is 12.4. The maximum Gasteiger partial charge on any atom is 0.451 e. The predicted octanol–water partition coefficient (Wildman–Crippen LogP) is 4.42. The Morgan fingerprint density at radius 2 is 1.82 bits per heavy atom. The van der Waals surface area contributed by atoms with Crippen LogP contribution in [0.3, 0.4) is 0 Å². The number of rotatable bonds is 2. The van der Waals surface area contributed by atoms with Gasteiger partial charge in [-0.1, -0.05) is 25.7 Å². The smallest absolute Gasteiger partial charge is 0.367 e. The van der Waals surface area contributed by atoms with Gasteiger partial charge in [-0.2, -0.15) is 13.2 Å². The van der Waals surface area contributed by atoms with E-state index >= 15 is 0 Å². The van der Waals surface area contributed by atoms with Gasteiger partial charge in [0.25, 0.3) is 0 Å². The van der Waals surface area contributed by atoms with Crippen molar-refractivity contribution in [1.29, 1.82) is 0 Å². The number of hydrogen-bond acceptors (Lipinski definition) is 3. The Hall–Kier alpha value is -1.79. The van der Waals surface area contributed by atoms with Gasteiger partial charge in [0.2, 0.25) is 5.82 Å². The number of aryl methyl sites for hydroxylation is 1. The highest BCUT2D eigenvalue weighted by molar-refractivity contribution is 5.88. The standard InChI is InChI=1S/C15H19F3N4/c1-9-8-11-12(19-9)21-14(15(16,17)18)22-13(11)20-10-6-4-2-3-5-7-10/h8,10H,2-7H2,1H3,(H2,19,20,21,22). The molecule has 2 N–H and O–H groups in total. The molecule has 22 heavy (non-hydrogen) atoms. The van der Waals surface area contributed by atoms with Gasteiger partial charge < -0.3 is 10.3 Å². The molecule has 0 atom stereocenters. The minimum absolute atomic E-state index is 0.178. The van der Waals surface area contributed by atoms with Crippen molar-refractivity contribution in [2.24, 2.45) is 0 Å². The van der Waals surface area contributed by atoms with Crippen LogP contribution < -0.4 is 5.32 Å². The summed E-state index contributed by atoms with van der Waals surface area (Å²) in [7, 11) is 0. The first-order valence-corrected chi connectivity index (χ1v) is 7.64. The maximum atomic E-state index is 13.0. The number of alkyl halides is 3. The summed E-state index contributed by atoms with van der Waals surface area (Å²) in [5, 5.41) is 3.84. The second-order valence-corrected chi connectivity index (χ2v) is 5.94. The highest BCUT2D eigenvalue weighted by Gasteiger charge is 2.36. The molecular weight excluding hydrogens is 293 g/mol. The number of fused-ring (bicyclic) bond motifs is 1. The molecule has 7 heteroatoms. The molecule has 0 aliphatic heterocycles. The van der Waals surface area contributed by atoms with Crippen molar-refractivity contribution in [3.63, 3.8) is 0 Å². The molecular formula is C15H19F3N4. The predicted molar refractivity (Wildman–Crippen MR) is 78.7 cm³/mol. The van der Waals surface area contributed by atoms with Crippen LogP contribution in [0.15, 0.2) is 6.07 Å². The average molecular weight is 312 g/mol. The van der Waals surface area contributed by atoms with Crippen LogP contribution >= 0.6 is 0 Å². The number of halogens is 3. The summed E-state index contributed by atoms with van der Waals surface area (Å²) >= 11 is 0. The van der Waals surface area contributed by atoms with Crippen LogP contribution in [-0.4, -0.2) is 21.0 Å². The van der Waals surface area contributed by atoms with Gasteiger partial charge >= 0.3 is 6.18 Å². The van der Waals surface area contributed by atoms with E-state index in [1.165, 1.54) is 12.8 Å². The SMILES string of the molecule is Cc1cc2c(NC3CCCCCC3)nc(C(F)(F)F)nc2[nH]1. The maximum absolute atomic E-state index is 13.0. The lowest BCUT2D eigenvalue weighted by atomic mass is 10.1. The van der Waals surface area contributed by atoms with Crippen molar-refractivity contribution >= 4 is 16.9 Å².